The lowest BCUT2D eigenvalue weighted by Crippen LogP contribution is -2.65. The Morgan fingerprint density at radius 3 is 1.20 bits per heavy atom. The van der Waals surface area contributed by atoms with E-state index in [0.717, 1.165) is 107 Å². The third-order valence-corrected chi connectivity index (χ3v) is 16.9. The Hall–Kier alpha value is -10.4. The van der Waals surface area contributed by atoms with Gasteiger partial charge in [-0.2, -0.15) is 0 Å². The van der Waals surface area contributed by atoms with Crippen molar-refractivity contribution in [3.05, 3.63) is 285 Å². The summed E-state index contributed by atoms with van der Waals surface area (Å²) in [5.41, 5.74) is 25.9. The summed E-state index contributed by atoms with van der Waals surface area (Å²) in [7, 11) is 0. The highest BCUT2D eigenvalue weighted by molar-refractivity contribution is 7.03. The first-order valence-corrected chi connectivity index (χ1v) is 27.6. The summed E-state index contributed by atoms with van der Waals surface area (Å²) in [5.74, 6) is 0. The molecule has 0 radical (unpaired) electrons. The number of hydrogen-bond donors (Lipinski definition) is 0. The molecule has 17 rings (SSSR count). The van der Waals surface area contributed by atoms with Crippen molar-refractivity contribution < 1.29 is 4.42 Å². The smallest absolute Gasteiger partial charge is 0.252 e. The van der Waals surface area contributed by atoms with Gasteiger partial charge in [-0.25, -0.2) is 0 Å². The minimum absolute atomic E-state index is 0.140. The van der Waals surface area contributed by atoms with Crippen molar-refractivity contribution >= 4 is 153 Å². The minimum atomic E-state index is -0.146. The first-order chi connectivity index (χ1) is 39.7. The molecule has 6 nitrogen and oxygen atoms in total. The van der Waals surface area contributed by atoms with Gasteiger partial charge in [0.1, 0.15) is 11.2 Å². The van der Waals surface area contributed by atoms with Crippen LogP contribution in [0.25, 0.3) is 21.9 Å². The summed E-state index contributed by atoms with van der Waals surface area (Å²) in [6.45, 7) is -0.286. The van der Waals surface area contributed by atoms with Crippen molar-refractivity contribution in [1.29, 1.82) is 0 Å². The number of nitrogens with zero attached hydrogens (tertiary/aromatic N) is 5. The minimum Gasteiger partial charge on any atom is -0.456 e. The lowest BCUT2D eigenvalue weighted by Gasteiger charge is -2.47. The molecule has 1 aromatic heterocycles. The fraction of sp³-hybridized carbons (Fsp3) is 0. The fourth-order valence-electron chi connectivity index (χ4n) is 13.8. The second-order valence-electron chi connectivity index (χ2n) is 21.2. The molecule has 13 aromatic rings. The molecule has 0 fully saturated rings. The first-order valence-electron chi connectivity index (χ1n) is 27.6. The largest absolute Gasteiger partial charge is 0.456 e. The van der Waals surface area contributed by atoms with Gasteiger partial charge in [0.25, 0.3) is 13.4 Å². The molecule has 0 saturated heterocycles. The van der Waals surface area contributed by atoms with E-state index in [9.17, 15) is 0 Å². The summed E-state index contributed by atoms with van der Waals surface area (Å²) in [5, 5.41) is 2.22. The van der Waals surface area contributed by atoms with Crippen LogP contribution in [0, 0.1) is 0 Å². The van der Waals surface area contributed by atoms with E-state index in [1.807, 2.05) is 0 Å². The van der Waals surface area contributed by atoms with Gasteiger partial charge in [-0.1, -0.05) is 170 Å². The van der Waals surface area contributed by atoms with Gasteiger partial charge in [0.15, 0.2) is 0 Å². The summed E-state index contributed by atoms with van der Waals surface area (Å²) < 4.78 is 7.01. The second kappa shape index (κ2) is 17.5. The maximum Gasteiger partial charge on any atom is 0.252 e. The Kier molecular flexibility index (Phi) is 9.80. The van der Waals surface area contributed by atoms with Gasteiger partial charge in [0.2, 0.25) is 0 Å². The van der Waals surface area contributed by atoms with Crippen LogP contribution in [0.5, 0.6) is 0 Å². The molecule has 0 aliphatic carbocycles. The molecule has 8 heteroatoms. The molecule has 4 aliphatic heterocycles. The maximum atomic E-state index is 7.01. The van der Waals surface area contributed by atoms with Crippen LogP contribution in [0.15, 0.2) is 290 Å². The highest BCUT2D eigenvalue weighted by Crippen LogP contribution is 2.52. The van der Waals surface area contributed by atoms with Crippen LogP contribution in [0.3, 0.4) is 0 Å². The number of anilines is 15. The van der Waals surface area contributed by atoms with E-state index in [2.05, 4.69) is 310 Å². The number of rotatable bonds is 7. The van der Waals surface area contributed by atoms with E-state index in [1.54, 1.807) is 0 Å². The van der Waals surface area contributed by atoms with Gasteiger partial charge < -0.3 is 28.9 Å². The summed E-state index contributed by atoms with van der Waals surface area (Å²) >= 11 is 0. The Balaban J connectivity index is 1.01. The summed E-state index contributed by atoms with van der Waals surface area (Å²) in [6.07, 6.45) is 0. The zero-order valence-corrected chi connectivity index (χ0v) is 43.4. The van der Waals surface area contributed by atoms with Gasteiger partial charge in [-0.05, 0) is 142 Å². The zero-order chi connectivity index (χ0) is 52.4. The third-order valence-electron chi connectivity index (χ3n) is 16.9. The monoisotopic (exact) mass is 1020 g/mol. The van der Waals surface area contributed by atoms with E-state index in [4.69, 9.17) is 4.42 Å². The quantitative estimate of drug-likeness (QED) is 0.148. The normalized spacial score (nSPS) is 13.3. The molecule has 12 aromatic carbocycles. The molecule has 0 atom stereocenters. The van der Waals surface area contributed by atoms with Crippen molar-refractivity contribution in [1.82, 2.24) is 0 Å². The van der Waals surface area contributed by atoms with Gasteiger partial charge >= 0.3 is 0 Å². The Morgan fingerprint density at radius 2 is 0.675 bits per heavy atom. The zero-order valence-electron chi connectivity index (χ0n) is 43.4. The molecule has 0 spiro atoms. The number of benzene rings is 12. The Morgan fingerprint density at radius 1 is 0.275 bits per heavy atom. The molecule has 0 bridgehead atoms. The Bertz CT molecular complexity index is 4540. The van der Waals surface area contributed by atoms with E-state index in [1.165, 1.54) is 32.8 Å². The van der Waals surface area contributed by atoms with Crippen molar-refractivity contribution in [2.45, 2.75) is 0 Å². The summed E-state index contributed by atoms with van der Waals surface area (Å²) in [6, 6.07) is 104. The molecule has 0 saturated carbocycles. The van der Waals surface area contributed by atoms with Crippen molar-refractivity contribution in [3.8, 4) is 0 Å². The van der Waals surface area contributed by atoms with Crippen molar-refractivity contribution in [2.75, 3.05) is 24.5 Å². The van der Waals surface area contributed by atoms with Gasteiger partial charge in [0, 0.05) is 85.4 Å². The number of fused-ring (bicyclic) bond motifs is 12. The average Bonchev–Trinajstić information content (AvgIpc) is 3.89. The van der Waals surface area contributed by atoms with E-state index in [-0.39, 0.29) is 13.4 Å². The van der Waals surface area contributed by atoms with Crippen LogP contribution in [0.2, 0.25) is 0 Å². The highest BCUT2D eigenvalue weighted by Gasteiger charge is 2.49. The predicted octanol–water partition coefficient (Wildman–Crippen LogP) is 15.2. The predicted molar refractivity (Wildman–Crippen MR) is 336 cm³/mol. The number of para-hydroxylation sites is 9. The molecule has 372 valence electrons. The lowest BCUT2D eigenvalue weighted by atomic mass is 9.30. The average molecular weight is 1020 g/mol. The van der Waals surface area contributed by atoms with Crippen LogP contribution in [-0.4, -0.2) is 13.4 Å². The molecular weight excluding hydrogens is 972 g/mol. The van der Waals surface area contributed by atoms with E-state index >= 15 is 0 Å². The standard InChI is InChI=1S/C72H47B2N5O/c1-7-25-48(26-8-1)75(49-27-9-2-10-28-49)54-43-64-70-65(44-54)77(51-31-13-4-14-32-51)62-46-63-59(45-58(62)73(70)56-38-20-22-40-60(56)76(64)50-29-11-3-12-30-50)74-57-39-21-23-41-61(57)79(53-35-17-6-18-36-53)72-69-55-37-19-24-42-67(55)80-68(69)47-66(71(72)74)78(63)52-33-15-5-16-34-52/h1-47H. The number of hydrogen-bond acceptors (Lipinski definition) is 6. The molecule has 5 heterocycles. The molecule has 0 amide bonds. The molecule has 4 aliphatic rings. The SMILES string of the molecule is c1ccc(N(c2ccccc2)c2cc3c4c(c2)N(c2ccccc2)c2cc5c(cc2B4c2ccccc2N3c2ccccc2)B2c3ccccc3N(c3ccccc3)c3c2c(cc2oc4ccccc4c32)N5c2ccccc2)cc1. The summed E-state index contributed by atoms with van der Waals surface area (Å²) in [4.78, 5) is 12.5. The van der Waals surface area contributed by atoms with Crippen LogP contribution >= 0.6 is 0 Å². The third kappa shape index (κ3) is 6.50. The molecule has 0 N–H and O–H groups in total. The topological polar surface area (TPSA) is 29.3 Å². The second-order valence-corrected chi connectivity index (χ2v) is 21.2. The highest BCUT2D eigenvalue weighted by atomic mass is 16.3. The van der Waals surface area contributed by atoms with Crippen LogP contribution in [0.4, 0.5) is 85.3 Å². The van der Waals surface area contributed by atoms with Crippen LogP contribution < -0.4 is 57.3 Å². The van der Waals surface area contributed by atoms with E-state index < -0.39 is 0 Å². The lowest BCUT2D eigenvalue weighted by molar-refractivity contribution is 0.669. The van der Waals surface area contributed by atoms with Crippen molar-refractivity contribution in [2.24, 2.45) is 0 Å². The van der Waals surface area contributed by atoms with Gasteiger partial charge in [-0.15, -0.1) is 0 Å². The van der Waals surface area contributed by atoms with Gasteiger partial charge in [0.05, 0.1) is 16.8 Å². The van der Waals surface area contributed by atoms with Crippen molar-refractivity contribution in [3.63, 3.8) is 0 Å². The Labute approximate surface area is 465 Å². The maximum absolute atomic E-state index is 7.01. The first kappa shape index (κ1) is 44.7. The van der Waals surface area contributed by atoms with Crippen LogP contribution in [0.1, 0.15) is 0 Å². The number of furan rings is 1. The van der Waals surface area contributed by atoms with Crippen LogP contribution in [-0.2, 0) is 0 Å². The van der Waals surface area contributed by atoms with E-state index in [0.29, 0.717) is 0 Å². The fourth-order valence-corrected chi connectivity index (χ4v) is 13.8. The molecule has 80 heavy (non-hydrogen) atoms. The molecule has 0 unspecified atom stereocenters. The van der Waals surface area contributed by atoms with Gasteiger partial charge in [-0.3, -0.25) is 0 Å². The molecular formula is C72H47B2N5O.